The highest BCUT2D eigenvalue weighted by Gasteiger charge is 2.22. The Morgan fingerprint density at radius 1 is 1.47 bits per heavy atom. The molecule has 0 heterocycles. The van der Waals surface area contributed by atoms with Crippen LogP contribution in [0.3, 0.4) is 0 Å². The van der Waals surface area contributed by atoms with Crippen LogP contribution in [0.5, 0.6) is 0 Å². The first-order valence-electron chi connectivity index (χ1n) is 5.94. The number of aliphatic carboxylic acids is 1. The van der Waals surface area contributed by atoms with Gasteiger partial charge in [0.15, 0.2) is 0 Å². The van der Waals surface area contributed by atoms with E-state index in [0.717, 1.165) is 0 Å². The first-order chi connectivity index (χ1) is 8.68. The SMILES string of the molecule is CC(=O)N[C@@H](CS(=O)CCCC(C)(C)C#N)C(=O)O. The van der Waals surface area contributed by atoms with Crippen LogP contribution >= 0.6 is 0 Å². The van der Waals surface area contributed by atoms with Crippen LogP contribution in [-0.4, -0.2) is 38.7 Å². The predicted octanol–water partition coefficient (Wildman–Crippen LogP) is 0.654. The maximum atomic E-state index is 11.7. The third-order valence-corrected chi connectivity index (χ3v) is 3.95. The molecule has 0 aromatic heterocycles. The molecule has 19 heavy (non-hydrogen) atoms. The van der Waals surface area contributed by atoms with Crippen LogP contribution in [0, 0.1) is 16.7 Å². The number of carbonyl (C=O) groups excluding carboxylic acids is 1. The zero-order valence-electron chi connectivity index (χ0n) is 11.4. The summed E-state index contributed by atoms with van der Waals surface area (Å²) in [7, 11) is -1.33. The average molecular weight is 288 g/mol. The second-order valence-corrected chi connectivity index (χ2v) is 6.62. The molecule has 0 aliphatic carbocycles. The summed E-state index contributed by atoms with van der Waals surface area (Å²) in [6.45, 7) is 4.81. The molecule has 0 radical (unpaired) electrons. The summed E-state index contributed by atoms with van der Waals surface area (Å²) in [5.74, 6) is -1.44. The molecule has 2 atom stereocenters. The number of hydrogen-bond donors (Lipinski definition) is 2. The minimum absolute atomic E-state index is 0.109. The lowest BCUT2D eigenvalue weighted by Gasteiger charge is -2.15. The Hall–Kier alpha value is -1.42. The number of carboxylic acids is 1. The fourth-order valence-corrected chi connectivity index (χ4v) is 2.65. The smallest absolute Gasteiger partial charge is 0.327 e. The molecular formula is C12H20N2O4S. The van der Waals surface area contributed by atoms with E-state index in [1.165, 1.54) is 6.92 Å². The van der Waals surface area contributed by atoms with Crippen LogP contribution in [0.2, 0.25) is 0 Å². The fraction of sp³-hybridized carbons (Fsp3) is 0.750. The number of nitrogens with zero attached hydrogens (tertiary/aromatic N) is 1. The number of hydrogen-bond acceptors (Lipinski definition) is 4. The molecule has 1 unspecified atom stereocenters. The minimum Gasteiger partial charge on any atom is -0.480 e. The highest BCUT2D eigenvalue weighted by Crippen LogP contribution is 2.20. The summed E-state index contributed by atoms with van der Waals surface area (Å²) in [5.41, 5.74) is -0.464. The van der Waals surface area contributed by atoms with Gasteiger partial charge in [0.1, 0.15) is 6.04 Å². The van der Waals surface area contributed by atoms with Crippen molar-refractivity contribution < 1.29 is 18.9 Å². The normalized spacial score (nSPS) is 14.2. The molecule has 0 aliphatic heterocycles. The maximum absolute atomic E-state index is 11.7. The molecule has 7 heteroatoms. The number of nitriles is 1. The van der Waals surface area contributed by atoms with Gasteiger partial charge in [-0.3, -0.25) is 9.00 Å². The second kappa shape index (κ2) is 7.89. The zero-order chi connectivity index (χ0) is 15.1. The van der Waals surface area contributed by atoms with Crippen LogP contribution in [0.15, 0.2) is 0 Å². The van der Waals surface area contributed by atoms with Crippen LogP contribution in [0.4, 0.5) is 0 Å². The fourth-order valence-electron chi connectivity index (χ4n) is 1.42. The molecule has 0 saturated carbocycles. The molecule has 108 valence electrons. The van der Waals surface area contributed by atoms with Gasteiger partial charge in [0, 0.05) is 23.5 Å². The number of rotatable bonds is 8. The van der Waals surface area contributed by atoms with E-state index in [2.05, 4.69) is 11.4 Å². The van der Waals surface area contributed by atoms with Gasteiger partial charge in [0.2, 0.25) is 5.91 Å². The zero-order valence-corrected chi connectivity index (χ0v) is 12.2. The largest absolute Gasteiger partial charge is 0.480 e. The molecule has 0 aromatic carbocycles. The predicted molar refractivity (Wildman–Crippen MR) is 71.7 cm³/mol. The van der Waals surface area contributed by atoms with Gasteiger partial charge < -0.3 is 10.4 Å². The average Bonchev–Trinajstić information content (AvgIpc) is 2.27. The van der Waals surface area contributed by atoms with Gasteiger partial charge in [-0.15, -0.1) is 0 Å². The van der Waals surface area contributed by atoms with E-state index in [4.69, 9.17) is 10.4 Å². The first kappa shape index (κ1) is 17.6. The van der Waals surface area contributed by atoms with Crippen molar-refractivity contribution in [1.29, 1.82) is 5.26 Å². The molecular weight excluding hydrogens is 268 g/mol. The summed E-state index contributed by atoms with van der Waals surface area (Å²) in [5, 5.41) is 19.9. The Balaban J connectivity index is 4.18. The lowest BCUT2D eigenvalue weighted by Crippen LogP contribution is -2.43. The van der Waals surface area contributed by atoms with Crippen molar-refractivity contribution in [3.8, 4) is 6.07 Å². The van der Waals surface area contributed by atoms with Gasteiger partial charge in [0.05, 0.1) is 17.2 Å². The van der Waals surface area contributed by atoms with E-state index in [1.807, 2.05) is 0 Å². The van der Waals surface area contributed by atoms with Crippen molar-refractivity contribution in [2.75, 3.05) is 11.5 Å². The van der Waals surface area contributed by atoms with Crippen LogP contribution in [0.25, 0.3) is 0 Å². The van der Waals surface area contributed by atoms with Crippen molar-refractivity contribution in [2.24, 2.45) is 5.41 Å². The number of amides is 1. The lowest BCUT2D eigenvalue weighted by atomic mass is 9.90. The van der Waals surface area contributed by atoms with E-state index in [1.54, 1.807) is 13.8 Å². The summed E-state index contributed by atoms with van der Waals surface area (Å²) < 4.78 is 11.7. The molecule has 0 rings (SSSR count). The molecule has 0 aromatic rings. The van der Waals surface area contributed by atoms with E-state index in [9.17, 15) is 13.8 Å². The third-order valence-electron chi connectivity index (χ3n) is 2.50. The van der Waals surface area contributed by atoms with Crippen molar-refractivity contribution in [1.82, 2.24) is 5.32 Å². The van der Waals surface area contributed by atoms with Gasteiger partial charge in [-0.1, -0.05) is 0 Å². The van der Waals surface area contributed by atoms with Gasteiger partial charge in [0.25, 0.3) is 0 Å². The maximum Gasteiger partial charge on any atom is 0.327 e. The van der Waals surface area contributed by atoms with Crippen molar-refractivity contribution in [2.45, 2.75) is 39.7 Å². The second-order valence-electron chi connectivity index (χ2n) is 5.00. The number of nitrogens with one attached hydrogen (secondary N) is 1. The molecule has 6 nitrogen and oxygen atoms in total. The third kappa shape index (κ3) is 8.32. The van der Waals surface area contributed by atoms with Crippen molar-refractivity contribution >= 4 is 22.7 Å². The standard InChI is InChI=1S/C12H20N2O4S/c1-9(15)14-10(11(16)17)7-19(18)6-4-5-12(2,3)8-13/h10H,4-7H2,1-3H3,(H,14,15)(H,16,17)/t10-,19?/m0/s1. The Kier molecular flexibility index (Phi) is 7.30. The highest BCUT2D eigenvalue weighted by atomic mass is 32.2. The van der Waals surface area contributed by atoms with Gasteiger partial charge in [-0.25, -0.2) is 4.79 Å². The van der Waals surface area contributed by atoms with E-state index < -0.39 is 34.1 Å². The Morgan fingerprint density at radius 3 is 2.47 bits per heavy atom. The van der Waals surface area contributed by atoms with E-state index in [-0.39, 0.29) is 5.75 Å². The van der Waals surface area contributed by atoms with E-state index in [0.29, 0.717) is 18.6 Å². The Bertz CT molecular complexity index is 401. The quantitative estimate of drug-likeness (QED) is 0.682. The summed E-state index contributed by atoms with van der Waals surface area (Å²) >= 11 is 0. The van der Waals surface area contributed by atoms with Crippen LogP contribution < -0.4 is 5.32 Å². The molecule has 0 spiro atoms. The topological polar surface area (TPSA) is 107 Å². The van der Waals surface area contributed by atoms with Crippen LogP contribution in [-0.2, 0) is 20.4 Å². The Morgan fingerprint density at radius 2 is 2.05 bits per heavy atom. The number of carboxylic acid groups (broad SMARTS) is 1. The van der Waals surface area contributed by atoms with E-state index >= 15 is 0 Å². The van der Waals surface area contributed by atoms with Crippen molar-refractivity contribution in [3.05, 3.63) is 0 Å². The van der Waals surface area contributed by atoms with Gasteiger partial charge in [-0.05, 0) is 26.7 Å². The first-order valence-corrected chi connectivity index (χ1v) is 7.43. The summed E-state index contributed by atoms with van der Waals surface area (Å²) in [6, 6.07) is 1.03. The van der Waals surface area contributed by atoms with Gasteiger partial charge >= 0.3 is 5.97 Å². The van der Waals surface area contributed by atoms with Crippen LogP contribution in [0.1, 0.15) is 33.6 Å². The lowest BCUT2D eigenvalue weighted by molar-refractivity contribution is -0.140. The Labute approximate surface area is 115 Å². The molecule has 1 amide bonds. The molecule has 0 saturated heterocycles. The molecule has 2 N–H and O–H groups in total. The summed E-state index contributed by atoms with van der Waals surface area (Å²) in [6.07, 6.45) is 1.19. The molecule has 0 aliphatic rings. The highest BCUT2D eigenvalue weighted by molar-refractivity contribution is 7.85. The molecule has 0 fully saturated rings. The minimum atomic E-state index is -1.33. The van der Waals surface area contributed by atoms with Gasteiger partial charge in [-0.2, -0.15) is 5.26 Å². The molecule has 0 bridgehead atoms. The monoisotopic (exact) mass is 288 g/mol. The number of carbonyl (C=O) groups is 2. The van der Waals surface area contributed by atoms with Crippen molar-refractivity contribution in [3.63, 3.8) is 0 Å². The summed E-state index contributed by atoms with van der Waals surface area (Å²) in [4.78, 5) is 21.7.